The maximum Gasteiger partial charge on any atom is 0.238 e. The Labute approximate surface area is 127 Å². The first-order chi connectivity index (χ1) is 9.02. The SMILES string of the molecule is CC1CN(CC(=O)Nc2cccc(I)c2)CC(C)O1. The van der Waals surface area contributed by atoms with Crippen molar-refractivity contribution in [2.45, 2.75) is 26.1 Å². The van der Waals surface area contributed by atoms with Gasteiger partial charge in [-0.1, -0.05) is 6.07 Å². The Morgan fingerprint density at radius 3 is 2.74 bits per heavy atom. The number of benzene rings is 1. The predicted molar refractivity (Wildman–Crippen MR) is 84.2 cm³/mol. The first-order valence-corrected chi connectivity index (χ1v) is 7.54. The van der Waals surface area contributed by atoms with Gasteiger partial charge < -0.3 is 10.1 Å². The van der Waals surface area contributed by atoms with E-state index in [4.69, 9.17) is 4.74 Å². The van der Waals surface area contributed by atoms with Gasteiger partial charge in [0.25, 0.3) is 0 Å². The number of anilines is 1. The van der Waals surface area contributed by atoms with Crippen LogP contribution < -0.4 is 5.32 Å². The minimum atomic E-state index is 0.0308. The Morgan fingerprint density at radius 2 is 2.11 bits per heavy atom. The highest BCUT2D eigenvalue weighted by Gasteiger charge is 2.23. The van der Waals surface area contributed by atoms with Gasteiger partial charge in [0.05, 0.1) is 18.8 Å². The molecule has 1 aromatic rings. The van der Waals surface area contributed by atoms with Crippen molar-refractivity contribution >= 4 is 34.2 Å². The van der Waals surface area contributed by atoms with Gasteiger partial charge in [-0.25, -0.2) is 0 Å². The molecule has 0 bridgehead atoms. The molecule has 1 aromatic carbocycles. The lowest BCUT2D eigenvalue weighted by atomic mass is 10.2. The molecule has 1 aliphatic rings. The number of amides is 1. The maximum absolute atomic E-state index is 12.0. The van der Waals surface area contributed by atoms with Gasteiger partial charge in [0.1, 0.15) is 0 Å². The standard InChI is InChI=1S/C14H19IN2O2/c1-10-7-17(8-11(2)19-10)9-14(18)16-13-5-3-4-12(15)6-13/h3-6,10-11H,7-9H2,1-2H3,(H,16,18). The molecular formula is C14H19IN2O2. The van der Waals surface area contributed by atoms with Crippen molar-refractivity contribution in [2.24, 2.45) is 0 Å². The third-order valence-corrected chi connectivity index (χ3v) is 3.64. The van der Waals surface area contributed by atoms with Crippen molar-refractivity contribution in [3.05, 3.63) is 27.8 Å². The van der Waals surface area contributed by atoms with Gasteiger partial charge in [-0.2, -0.15) is 0 Å². The van der Waals surface area contributed by atoms with Crippen molar-refractivity contribution in [1.82, 2.24) is 4.90 Å². The molecule has 1 saturated heterocycles. The van der Waals surface area contributed by atoms with E-state index in [1.54, 1.807) is 0 Å². The molecule has 0 aliphatic carbocycles. The summed E-state index contributed by atoms with van der Waals surface area (Å²) in [5, 5.41) is 2.93. The van der Waals surface area contributed by atoms with E-state index in [2.05, 4.69) is 32.8 Å². The number of nitrogens with one attached hydrogen (secondary N) is 1. The minimum Gasteiger partial charge on any atom is -0.373 e. The summed E-state index contributed by atoms with van der Waals surface area (Å²) in [4.78, 5) is 14.2. The third kappa shape index (κ3) is 4.74. The van der Waals surface area contributed by atoms with Gasteiger partial charge in [-0.15, -0.1) is 0 Å². The lowest BCUT2D eigenvalue weighted by Gasteiger charge is -2.34. The summed E-state index contributed by atoms with van der Waals surface area (Å²) in [6.07, 6.45) is 0.378. The second kappa shape index (κ2) is 6.67. The highest BCUT2D eigenvalue weighted by Crippen LogP contribution is 2.13. The summed E-state index contributed by atoms with van der Waals surface area (Å²) in [5.41, 5.74) is 0.853. The molecule has 5 heteroatoms. The zero-order valence-corrected chi connectivity index (χ0v) is 13.4. The lowest BCUT2D eigenvalue weighted by Crippen LogP contribution is -2.48. The number of halogens is 1. The number of nitrogens with zero attached hydrogens (tertiary/aromatic N) is 1. The fraction of sp³-hybridized carbons (Fsp3) is 0.500. The zero-order chi connectivity index (χ0) is 13.8. The van der Waals surface area contributed by atoms with Crippen LogP contribution in [0.5, 0.6) is 0 Å². The number of hydrogen-bond donors (Lipinski definition) is 1. The van der Waals surface area contributed by atoms with Crippen LogP contribution in [0.4, 0.5) is 5.69 Å². The van der Waals surface area contributed by atoms with Crippen LogP contribution >= 0.6 is 22.6 Å². The molecule has 104 valence electrons. The smallest absolute Gasteiger partial charge is 0.238 e. The first-order valence-electron chi connectivity index (χ1n) is 6.46. The van der Waals surface area contributed by atoms with Crippen LogP contribution in [0.3, 0.4) is 0 Å². The molecule has 1 N–H and O–H groups in total. The van der Waals surface area contributed by atoms with Crippen molar-refractivity contribution < 1.29 is 9.53 Å². The number of carbonyl (C=O) groups excluding carboxylic acids is 1. The number of hydrogen-bond acceptors (Lipinski definition) is 3. The summed E-state index contributed by atoms with van der Waals surface area (Å²) >= 11 is 2.23. The van der Waals surface area contributed by atoms with Crippen LogP contribution in [-0.2, 0) is 9.53 Å². The summed E-state index contributed by atoms with van der Waals surface area (Å²) in [6, 6.07) is 7.81. The molecule has 4 nitrogen and oxygen atoms in total. The largest absolute Gasteiger partial charge is 0.373 e. The minimum absolute atomic E-state index is 0.0308. The van der Waals surface area contributed by atoms with Gasteiger partial charge in [-0.05, 0) is 54.6 Å². The molecule has 1 fully saturated rings. The van der Waals surface area contributed by atoms with E-state index in [0.717, 1.165) is 22.3 Å². The second-order valence-electron chi connectivity index (χ2n) is 5.01. The molecule has 1 aliphatic heterocycles. The third-order valence-electron chi connectivity index (χ3n) is 2.97. The lowest BCUT2D eigenvalue weighted by molar-refractivity contribution is -0.121. The summed E-state index contributed by atoms with van der Waals surface area (Å²) in [6.45, 7) is 6.12. The van der Waals surface area contributed by atoms with Crippen LogP contribution in [0.1, 0.15) is 13.8 Å². The van der Waals surface area contributed by atoms with Crippen LogP contribution in [0, 0.1) is 3.57 Å². The molecular weight excluding hydrogens is 355 g/mol. The molecule has 2 atom stereocenters. The Kier molecular flexibility index (Phi) is 5.18. The van der Waals surface area contributed by atoms with E-state index in [0.29, 0.717) is 6.54 Å². The maximum atomic E-state index is 12.0. The predicted octanol–water partition coefficient (Wildman–Crippen LogP) is 2.34. The highest BCUT2D eigenvalue weighted by molar-refractivity contribution is 14.1. The zero-order valence-electron chi connectivity index (χ0n) is 11.2. The molecule has 19 heavy (non-hydrogen) atoms. The van der Waals surface area contributed by atoms with E-state index in [9.17, 15) is 4.79 Å². The van der Waals surface area contributed by atoms with E-state index in [1.165, 1.54) is 0 Å². The van der Waals surface area contributed by atoms with Crippen LogP contribution in [0.15, 0.2) is 24.3 Å². The summed E-state index contributed by atoms with van der Waals surface area (Å²) in [5.74, 6) is 0.0308. The van der Waals surface area contributed by atoms with E-state index >= 15 is 0 Å². The molecule has 1 amide bonds. The van der Waals surface area contributed by atoms with Gasteiger partial charge in [0.2, 0.25) is 5.91 Å². The first kappa shape index (κ1) is 14.7. The van der Waals surface area contributed by atoms with Crippen LogP contribution in [-0.4, -0.2) is 42.6 Å². The molecule has 2 rings (SSSR count). The number of morpholine rings is 1. The monoisotopic (exact) mass is 374 g/mol. The normalized spacial score (nSPS) is 24.2. The quantitative estimate of drug-likeness (QED) is 0.826. The van der Waals surface area contributed by atoms with Gasteiger partial charge in [-0.3, -0.25) is 9.69 Å². The number of ether oxygens (including phenoxy) is 1. The molecule has 0 aromatic heterocycles. The fourth-order valence-corrected chi connectivity index (χ4v) is 2.93. The number of carbonyl (C=O) groups is 1. The summed E-state index contributed by atoms with van der Waals surface area (Å²) in [7, 11) is 0. The highest BCUT2D eigenvalue weighted by atomic mass is 127. The van der Waals surface area contributed by atoms with Crippen molar-refractivity contribution in [2.75, 3.05) is 25.0 Å². The number of rotatable bonds is 3. The Hall–Kier alpha value is -0.660. The molecule has 0 saturated carbocycles. The average Bonchev–Trinajstić information content (AvgIpc) is 2.26. The summed E-state index contributed by atoms with van der Waals surface area (Å²) < 4.78 is 6.77. The Balaban J connectivity index is 1.87. The van der Waals surface area contributed by atoms with Crippen molar-refractivity contribution in [3.8, 4) is 0 Å². The van der Waals surface area contributed by atoms with Crippen molar-refractivity contribution in [1.29, 1.82) is 0 Å². The Bertz CT molecular complexity index is 443. The molecule has 2 unspecified atom stereocenters. The van der Waals surface area contributed by atoms with Gasteiger partial charge >= 0.3 is 0 Å². The topological polar surface area (TPSA) is 41.6 Å². The van der Waals surface area contributed by atoms with E-state index < -0.39 is 0 Å². The molecule has 0 radical (unpaired) electrons. The second-order valence-corrected chi connectivity index (χ2v) is 6.26. The Morgan fingerprint density at radius 1 is 1.42 bits per heavy atom. The molecule has 1 heterocycles. The molecule has 0 spiro atoms. The van der Waals surface area contributed by atoms with E-state index in [-0.39, 0.29) is 18.1 Å². The van der Waals surface area contributed by atoms with Crippen molar-refractivity contribution in [3.63, 3.8) is 0 Å². The van der Waals surface area contributed by atoms with E-state index in [1.807, 2.05) is 38.1 Å². The van der Waals surface area contributed by atoms with Gasteiger partial charge in [0.15, 0.2) is 0 Å². The average molecular weight is 374 g/mol. The van der Waals surface area contributed by atoms with Crippen LogP contribution in [0.25, 0.3) is 0 Å². The van der Waals surface area contributed by atoms with Crippen LogP contribution in [0.2, 0.25) is 0 Å². The van der Waals surface area contributed by atoms with Gasteiger partial charge in [0, 0.05) is 22.3 Å². The fourth-order valence-electron chi connectivity index (χ4n) is 2.38.